The summed E-state index contributed by atoms with van der Waals surface area (Å²) in [6.45, 7) is -0.563. The zero-order chi connectivity index (χ0) is 28.7. The van der Waals surface area contributed by atoms with Crippen LogP contribution in [0.3, 0.4) is 0 Å². The van der Waals surface area contributed by atoms with E-state index in [-0.39, 0.29) is 0 Å². The number of ether oxygens (including phenoxy) is 2. The molecule has 0 heterocycles. The zero-order valence-corrected chi connectivity index (χ0v) is 23.3. The molecule has 0 saturated heterocycles. The van der Waals surface area contributed by atoms with Crippen molar-refractivity contribution in [3.8, 4) is 0 Å². The lowest BCUT2D eigenvalue weighted by molar-refractivity contribution is -0.192. The summed E-state index contributed by atoms with van der Waals surface area (Å²) in [7, 11) is -6.39. The Kier molecular flexibility index (Phi) is 6.84. The highest BCUT2D eigenvalue weighted by molar-refractivity contribution is 7.87. The summed E-state index contributed by atoms with van der Waals surface area (Å²) in [4.78, 5) is 26.9. The second-order valence-corrected chi connectivity index (χ2v) is 15.7. The van der Waals surface area contributed by atoms with Gasteiger partial charge in [0.15, 0.2) is 0 Å². The summed E-state index contributed by atoms with van der Waals surface area (Å²) < 4.78 is 98.5. The van der Waals surface area contributed by atoms with Crippen LogP contribution in [0.2, 0.25) is 0 Å². The van der Waals surface area contributed by atoms with Gasteiger partial charge in [0.1, 0.15) is 12.7 Å². The third-order valence-electron chi connectivity index (χ3n) is 11.1. The van der Waals surface area contributed by atoms with Crippen molar-refractivity contribution in [2.75, 3.05) is 6.61 Å². The summed E-state index contributed by atoms with van der Waals surface area (Å²) in [5.74, 6) is -3.64. The first-order valence-electron chi connectivity index (χ1n) is 14.7. The van der Waals surface area contributed by atoms with Crippen LogP contribution in [0.15, 0.2) is 0 Å². The van der Waals surface area contributed by atoms with Crippen molar-refractivity contribution in [1.82, 2.24) is 0 Å². The summed E-state index contributed by atoms with van der Waals surface area (Å²) in [6, 6.07) is 0. The van der Waals surface area contributed by atoms with Crippen molar-refractivity contribution < 1.29 is 49.6 Å². The van der Waals surface area contributed by atoms with Gasteiger partial charge in [-0.3, -0.25) is 14.1 Å². The van der Waals surface area contributed by atoms with Gasteiger partial charge in [-0.25, -0.2) is 0 Å². The topological polar surface area (TPSA) is 107 Å². The lowest BCUT2D eigenvalue weighted by atomic mass is 9.49. The molecule has 0 radical (unpaired) electrons. The van der Waals surface area contributed by atoms with Gasteiger partial charge in [0.2, 0.25) is 0 Å². The first-order valence-corrected chi connectivity index (χ1v) is 16.1. The van der Waals surface area contributed by atoms with Crippen molar-refractivity contribution in [2.24, 2.45) is 46.3 Å². The predicted molar refractivity (Wildman–Crippen MR) is 133 cm³/mol. The van der Waals surface area contributed by atoms with E-state index in [0.717, 1.165) is 38.5 Å². The van der Waals surface area contributed by atoms with Gasteiger partial charge >= 0.3 is 33.2 Å². The number of alkyl halides is 4. The van der Waals surface area contributed by atoms with E-state index in [2.05, 4.69) is 0 Å². The molecule has 8 bridgehead atoms. The Morgan fingerprint density at radius 1 is 0.750 bits per heavy atom. The van der Waals surface area contributed by atoms with E-state index in [9.17, 15) is 35.6 Å². The highest BCUT2D eigenvalue weighted by Crippen LogP contribution is 2.61. The molecular formula is C28H38F4O7S. The smallest absolute Gasteiger partial charge is 0.431 e. The molecule has 1 atom stereocenters. The first-order chi connectivity index (χ1) is 18.6. The molecule has 0 spiro atoms. The first kappa shape index (κ1) is 28.7. The number of carbonyl (C=O) groups excluding carboxylic acids is 2. The molecule has 7 nitrogen and oxygen atoms in total. The Hall–Kier alpha value is -1.43. The molecule has 0 aliphatic heterocycles. The second-order valence-electron chi connectivity index (χ2n) is 14.3. The van der Waals surface area contributed by atoms with Gasteiger partial charge in [0.05, 0.1) is 10.8 Å². The molecule has 1 unspecified atom stereocenters. The minimum atomic E-state index is -6.39. The van der Waals surface area contributed by atoms with Crippen LogP contribution in [0.25, 0.3) is 0 Å². The fraction of sp³-hybridized carbons (Fsp3) is 0.929. The Bertz CT molecular complexity index is 1080. The maximum absolute atomic E-state index is 14.4. The molecule has 226 valence electrons. The van der Waals surface area contributed by atoms with Crippen molar-refractivity contribution in [3.05, 3.63) is 0 Å². The number of carbonyl (C=O) groups is 2. The van der Waals surface area contributed by atoms with E-state index in [4.69, 9.17) is 14.0 Å². The number of hydrogen-bond donors (Lipinski definition) is 1. The minimum Gasteiger partial charge on any atom is -0.461 e. The van der Waals surface area contributed by atoms with E-state index in [1.807, 2.05) is 0 Å². The highest BCUT2D eigenvalue weighted by Gasteiger charge is 2.65. The minimum absolute atomic E-state index is 0.393. The third kappa shape index (κ3) is 4.86. The third-order valence-corrected chi connectivity index (χ3v) is 12.1. The molecule has 12 heteroatoms. The monoisotopic (exact) mass is 594 g/mol. The maximum atomic E-state index is 14.4. The second kappa shape index (κ2) is 9.54. The average molecular weight is 595 g/mol. The highest BCUT2D eigenvalue weighted by atomic mass is 32.2. The Morgan fingerprint density at radius 3 is 1.50 bits per heavy atom. The number of rotatable bonds is 10. The fourth-order valence-electron chi connectivity index (χ4n) is 10.2. The van der Waals surface area contributed by atoms with Crippen LogP contribution in [-0.2, 0) is 29.2 Å². The van der Waals surface area contributed by atoms with Gasteiger partial charge < -0.3 is 9.47 Å². The van der Waals surface area contributed by atoms with Crippen LogP contribution >= 0.6 is 0 Å². The van der Waals surface area contributed by atoms with Crippen LogP contribution in [0.4, 0.5) is 17.6 Å². The predicted octanol–water partition coefficient (Wildman–Crippen LogP) is 5.77. The number of esters is 2. The summed E-state index contributed by atoms with van der Waals surface area (Å²) in [5, 5.41) is -5.72. The molecular weight excluding hydrogens is 556 g/mol. The van der Waals surface area contributed by atoms with Crippen molar-refractivity contribution in [1.29, 1.82) is 0 Å². The van der Waals surface area contributed by atoms with E-state index < -0.39 is 69.6 Å². The molecule has 40 heavy (non-hydrogen) atoms. The van der Waals surface area contributed by atoms with Gasteiger partial charge in [-0.15, -0.1) is 0 Å². The molecule has 0 amide bonds. The molecule has 8 aliphatic rings. The summed E-state index contributed by atoms with van der Waals surface area (Å²) in [5.41, 5.74) is -1.40. The van der Waals surface area contributed by atoms with Crippen molar-refractivity contribution in [3.63, 3.8) is 0 Å². The Balaban J connectivity index is 1.16. The zero-order valence-electron chi connectivity index (χ0n) is 22.5. The van der Waals surface area contributed by atoms with Gasteiger partial charge in [-0.1, -0.05) is 0 Å². The molecule has 8 fully saturated rings. The number of hydrogen-bond acceptors (Lipinski definition) is 6. The lowest BCUT2D eigenvalue weighted by Gasteiger charge is -2.55. The molecule has 0 aromatic carbocycles. The van der Waals surface area contributed by atoms with Crippen LogP contribution in [0.1, 0.15) is 89.9 Å². The van der Waals surface area contributed by atoms with Crippen molar-refractivity contribution in [2.45, 2.75) is 107 Å². The molecule has 8 saturated carbocycles. The largest absolute Gasteiger partial charge is 0.461 e. The quantitative estimate of drug-likeness (QED) is 0.194. The van der Waals surface area contributed by atoms with E-state index in [0.29, 0.717) is 74.0 Å². The molecule has 0 aromatic rings. The standard InChI is InChI=1S/C28H38F4O7S/c29-27(30,28(31,32)40(35,36)37)2-1-22(39-24(34)26-12-19-6-20(13-26)8-21(7-19)14-26)15-38-23(33)25-9-16-3-17(10-25)5-18(4-16)11-25/h16-22H,1-15H2,(H,35,36,37). The normalized spacial score (nSPS) is 40.7. The number of halogens is 4. The lowest BCUT2D eigenvalue weighted by Crippen LogP contribution is -2.52. The van der Waals surface area contributed by atoms with Gasteiger partial charge in [-0.05, 0) is 119 Å². The fourth-order valence-corrected chi connectivity index (χ4v) is 10.7. The van der Waals surface area contributed by atoms with E-state index in [1.165, 1.54) is 0 Å². The van der Waals surface area contributed by atoms with Crippen LogP contribution < -0.4 is 0 Å². The van der Waals surface area contributed by atoms with Crippen molar-refractivity contribution >= 4 is 22.1 Å². The summed E-state index contributed by atoms with van der Waals surface area (Å²) in [6.07, 6.45) is 6.45. The van der Waals surface area contributed by atoms with Gasteiger partial charge in [0, 0.05) is 6.42 Å². The molecule has 8 aliphatic carbocycles. The Labute approximate surface area is 231 Å². The van der Waals surface area contributed by atoms with E-state index >= 15 is 0 Å². The summed E-state index contributed by atoms with van der Waals surface area (Å²) >= 11 is 0. The maximum Gasteiger partial charge on any atom is 0.431 e. The van der Waals surface area contributed by atoms with Crippen LogP contribution in [0, 0.1) is 46.3 Å². The van der Waals surface area contributed by atoms with E-state index in [1.54, 1.807) is 0 Å². The Morgan fingerprint density at radius 2 is 1.12 bits per heavy atom. The van der Waals surface area contributed by atoms with Crippen LogP contribution in [-0.4, -0.2) is 48.8 Å². The molecule has 8 rings (SSSR count). The van der Waals surface area contributed by atoms with Gasteiger partial charge in [0.25, 0.3) is 0 Å². The SMILES string of the molecule is O=C(OCC(CCC(F)(F)C(F)(F)S(=O)(=O)O)OC(=O)C12CC3CC(CC(C3)C1)C2)C12CC3CC(CC(C3)C1)C2. The van der Waals surface area contributed by atoms with Gasteiger partial charge in [-0.2, -0.15) is 26.0 Å². The van der Waals surface area contributed by atoms with Crippen LogP contribution in [0.5, 0.6) is 0 Å². The average Bonchev–Trinajstić information content (AvgIpc) is 2.83. The molecule has 1 N–H and O–H groups in total. The molecule has 0 aromatic heterocycles.